The minimum Gasteiger partial charge on any atom is -0.456 e. The monoisotopic (exact) mass is 431 g/mol. The maximum Gasteiger partial charge on any atom is 0.416 e. The number of aromatic amines is 1. The van der Waals surface area contributed by atoms with Crippen LogP contribution < -0.4 is 11.1 Å². The van der Waals surface area contributed by atoms with Crippen LogP contribution in [-0.4, -0.2) is 4.98 Å². The number of nitrogens with one attached hydrogen (secondary N) is 1. The van der Waals surface area contributed by atoms with E-state index in [-0.39, 0.29) is 0 Å². The van der Waals surface area contributed by atoms with E-state index in [0.29, 0.717) is 38.3 Å². The van der Waals surface area contributed by atoms with Gasteiger partial charge in [-0.1, -0.05) is 24.3 Å². The first-order valence-corrected chi connectivity index (χ1v) is 9.76. The maximum absolute atomic E-state index is 12.9. The Morgan fingerprint density at radius 2 is 1.22 bits per heavy atom. The van der Waals surface area contributed by atoms with E-state index >= 15 is 0 Å². The van der Waals surface area contributed by atoms with E-state index in [4.69, 9.17) is 4.42 Å². The Labute approximate surface area is 176 Å². The van der Waals surface area contributed by atoms with Crippen molar-refractivity contribution in [2.75, 3.05) is 0 Å². The Morgan fingerprint density at radius 3 is 1.91 bits per heavy atom. The number of fused-ring (bicyclic) bond motifs is 2. The van der Waals surface area contributed by atoms with Crippen LogP contribution >= 0.6 is 0 Å². The van der Waals surface area contributed by atoms with E-state index in [2.05, 4.69) is 4.98 Å². The highest BCUT2D eigenvalue weighted by molar-refractivity contribution is 6.26. The van der Waals surface area contributed by atoms with Gasteiger partial charge in [0.2, 0.25) is 0 Å². The second-order valence-electron chi connectivity index (χ2n) is 7.69. The third-order valence-corrected chi connectivity index (χ3v) is 5.87. The summed E-state index contributed by atoms with van der Waals surface area (Å²) < 4.78 is 44.8. The summed E-state index contributed by atoms with van der Waals surface area (Å²) in [5, 5.41) is 3.52. The van der Waals surface area contributed by atoms with Gasteiger partial charge in [-0.15, -0.1) is 0 Å². The predicted molar refractivity (Wildman–Crippen MR) is 117 cm³/mol. The van der Waals surface area contributed by atoms with Crippen molar-refractivity contribution in [2.45, 2.75) is 6.18 Å². The molecule has 7 heteroatoms. The van der Waals surface area contributed by atoms with Crippen LogP contribution in [-0.2, 0) is 6.18 Å². The molecule has 0 atom stereocenters. The molecule has 1 N–H and O–H groups in total. The number of alkyl halides is 3. The van der Waals surface area contributed by atoms with Crippen LogP contribution in [0.4, 0.5) is 13.2 Å². The van der Waals surface area contributed by atoms with Crippen molar-refractivity contribution < 1.29 is 17.6 Å². The van der Waals surface area contributed by atoms with Crippen molar-refractivity contribution in [3.63, 3.8) is 0 Å². The Kier molecular flexibility index (Phi) is 3.61. The largest absolute Gasteiger partial charge is 0.456 e. The highest BCUT2D eigenvalue weighted by atomic mass is 19.4. The van der Waals surface area contributed by atoms with Gasteiger partial charge >= 0.3 is 6.18 Å². The lowest BCUT2D eigenvalue weighted by Gasteiger charge is -2.12. The molecular weight excluding hydrogens is 419 g/mol. The molecule has 0 unspecified atom stereocenters. The Balaban J connectivity index is 1.66. The fourth-order valence-corrected chi connectivity index (χ4v) is 4.37. The third-order valence-electron chi connectivity index (χ3n) is 5.87. The molecule has 2 heterocycles. The van der Waals surface area contributed by atoms with Gasteiger partial charge in [0.15, 0.2) is 0 Å². The summed E-state index contributed by atoms with van der Waals surface area (Å²) in [5.74, 6) is 0. The lowest BCUT2D eigenvalue weighted by molar-refractivity contribution is -0.137. The number of benzene rings is 4. The molecule has 0 bridgehead atoms. The standard InChI is InChI=1S/C25H12F3NO3/c26-25(27,28)14-4-1-12(2-5-14)13-3-9-19-18(11-13)15-6-7-16-21-17(24(31)29-23(16)30)8-10-20(32-19)22(15)21/h1-11H,(H,29,30,31). The molecule has 0 aliphatic heterocycles. The zero-order valence-electron chi connectivity index (χ0n) is 16.2. The first-order chi connectivity index (χ1) is 15.3. The SMILES string of the molecule is O=c1[nH]c(=O)c2ccc3c4cc(-c5ccc(C(F)(F)F)cc5)ccc4oc4ccc1c2c43. The third kappa shape index (κ3) is 2.57. The average Bonchev–Trinajstić information content (AvgIpc) is 2.78. The number of hydrogen-bond acceptors (Lipinski definition) is 3. The molecule has 156 valence electrons. The second-order valence-corrected chi connectivity index (χ2v) is 7.69. The lowest BCUT2D eigenvalue weighted by atomic mass is 9.95. The molecule has 32 heavy (non-hydrogen) atoms. The summed E-state index contributed by atoms with van der Waals surface area (Å²) >= 11 is 0. The van der Waals surface area contributed by atoms with Gasteiger partial charge in [-0.25, -0.2) is 0 Å². The minimum atomic E-state index is -4.40. The highest BCUT2D eigenvalue weighted by Gasteiger charge is 2.30. The van der Waals surface area contributed by atoms with E-state index in [1.807, 2.05) is 6.07 Å². The van der Waals surface area contributed by atoms with Crippen molar-refractivity contribution >= 4 is 43.5 Å². The molecule has 0 aliphatic rings. The van der Waals surface area contributed by atoms with Crippen LogP contribution in [0.15, 0.2) is 80.7 Å². The van der Waals surface area contributed by atoms with E-state index in [1.165, 1.54) is 12.1 Å². The predicted octanol–water partition coefficient (Wildman–Crippen LogP) is 6.06. The molecule has 6 aromatic rings. The summed E-state index contributed by atoms with van der Waals surface area (Å²) in [7, 11) is 0. The second kappa shape index (κ2) is 6.20. The van der Waals surface area contributed by atoms with Crippen molar-refractivity contribution in [3.8, 4) is 11.1 Å². The van der Waals surface area contributed by atoms with Crippen molar-refractivity contribution in [3.05, 3.63) is 93.0 Å². The quantitative estimate of drug-likeness (QED) is 0.254. The van der Waals surface area contributed by atoms with E-state index < -0.39 is 22.9 Å². The molecule has 0 fully saturated rings. The lowest BCUT2D eigenvalue weighted by Crippen LogP contribution is -2.19. The number of pyridine rings is 1. The van der Waals surface area contributed by atoms with Gasteiger partial charge in [0, 0.05) is 26.9 Å². The molecule has 0 amide bonds. The molecule has 0 saturated heterocycles. The van der Waals surface area contributed by atoms with Crippen molar-refractivity contribution in [1.82, 2.24) is 4.98 Å². The highest BCUT2D eigenvalue weighted by Crippen LogP contribution is 2.38. The zero-order valence-corrected chi connectivity index (χ0v) is 16.2. The average molecular weight is 431 g/mol. The van der Waals surface area contributed by atoms with Crippen molar-refractivity contribution in [1.29, 1.82) is 0 Å². The van der Waals surface area contributed by atoms with Gasteiger partial charge in [0.1, 0.15) is 11.2 Å². The zero-order chi connectivity index (χ0) is 22.2. The van der Waals surface area contributed by atoms with Gasteiger partial charge in [-0.2, -0.15) is 13.2 Å². The molecular formula is C25H12F3NO3. The maximum atomic E-state index is 12.9. The molecule has 4 nitrogen and oxygen atoms in total. The van der Waals surface area contributed by atoms with Crippen LogP contribution in [0, 0.1) is 0 Å². The first kappa shape index (κ1) is 18.6. The molecule has 0 aliphatic carbocycles. The Hall–Kier alpha value is -4.13. The van der Waals surface area contributed by atoms with E-state index in [9.17, 15) is 22.8 Å². The Bertz CT molecular complexity index is 1770. The normalized spacial score (nSPS) is 12.5. The van der Waals surface area contributed by atoms with Crippen LogP contribution in [0.25, 0.3) is 54.6 Å². The molecule has 0 spiro atoms. The first-order valence-electron chi connectivity index (χ1n) is 9.76. The fourth-order valence-electron chi connectivity index (χ4n) is 4.37. The van der Waals surface area contributed by atoms with Crippen LogP contribution in [0.3, 0.4) is 0 Å². The van der Waals surface area contributed by atoms with Gasteiger partial charge in [-0.3, -0.25) is 14.6 Å². The van der Waals surface area contributed by atoms with Crippen LogP contribution in [0.5, 0.6) is 0 Å². The summed E-state index contributed by atoms with van der Waals surface area (Å²) in [5.41, 5.74) is 0.841. The molecule has 2 aromatic heterocycles. The number of hydrogen-bond donors (Lipinski definition) is 1. The topological polar surface area (TPSA) is 63.1 Å². The molecule has 0 saturated carbocycles. The van der Waals surface area contributed by atoms with E-state index in [1.54, 1.807) is 36.4 Å². The van der Waals surface area contributed by atoms with Gasteiger partial charge in [0.05, 0.1) is 5.56 Å². The summed E-state index contributed by atoms with van der Waals surface area (Å²) in [6.45, 7) is 0. The summed E-state index contributed by atoms with van der Waals surface area (Å²) in [6, 6.07) is 17.2. The smallest absolute Gasteiger partial charge is 0.416 e. The number of rotatable bonds is 1. The number of halogens is 3. The van der Waals surface area contributed by atoms with Gasteiger partial charge in [0.25, 0.3) is 11.1 Å². The number of H-pyrrole nitrogens is 1. The molecule has 4 aromatic carbocycles. The summed E-state index contributed by atoms with van der Waals surface area (Å²) in [4.78, 5) is 27.0. The number of aromatic nitrogens is 1. The van der Waals surface area contributed by atoms with E-state index in [0.717, 1.165) is 28.5 Å². The van der Waals surface area contributed by atoms with Gasteiger partial charge in [-0.05, 0) is 59.0 Å². The van der Waals surface area contributed by atoms with Gasteiger partial charge < -0.3 is 4.42 Å². The van der Waals surface area contributed by atoms with Crippen LogP contribution in [0.1, 0.15) is 5.56 Å². The van der Waals surface area contributed by atoms with Crippen LogP contribution in [0.2, 0.25) is 0 Å². The summed E-state index contributed by atoms with van der Waals surface area (Å²) in [6.07, 6.45) is -4.40. The van der Waals surface area contributed by atoms with Crippen molar-refractivity contribution in [2.24, 2.45) is 0 Å². The minimum absolute atomic E-state index is 0.395. The fraction of sp³-hybridized carbons (Fsp3) is 0.0400. The molecule has 0 radical (unpaired) electrons. The Morgan fingerprint density at radius 1 is 0.625 bits per heavy atom. The molecule has 6 rings (SSSR count).